The van der Waals surface area contributed by atoms with Crippen molar-refractivity contribution >= 4 is 23.3 Å². The predicted octanol–water partition coefficient (Wildman–Crippen LogP) is 6.51. The average molecular weight is 534 g/mol. The molecule has 1 heterocycles. The van der Waals surface area contributed by atoms with Crippen LogP contribution in [0.2, 0.25) is 0 Å². The second kappa shape index (κ2) is 14.6. The molecular weight excluding hydrogens is 496 g/mol. The summed E-state index contributed by atoms with van der Waals surface area (Å²) in [5.74, 6) is 0. The number of aromatic nitrogens is 1. The summed E-state index contributed by atoms with van der Waals surface area (Å²) in [6.45, 7) is 3.99. The fourth-order valence-corrected chi connectivity index (χ4v) is 10.0. The number of hydrogen-bond donors (Lipinski definition) is 0. The molecule has 0 atom stereocenters. The summed E-state index contributed by atoms with van der Waals surface area (Å²) >= 11 is 0. The maximum atomic E-state index is 11.8. The zero-order chi connectivity index (χ0) is 22.3. The second-order valence-corrected chi connectivity index (χ2v) is 12.9. The standard InChI is InChI=1S/C18H27O3PS.C7H9N.CH3.Ni/c19-23(20,21)18-14-8-7-13-17(18)22(15-9-3-1-4-10-15)16-11-5-2-6-12-16;1-6-4-3-5-7(2)8-6;;/h7-8,13-16H,1-6,9-12H2,(H,19,20,21);3-5H,1-2H3;1H3;/q;;-1;+2/p-1. The molecule has 1 aromatic carbocycles. The van der Waals surface area contributed by atoms with Gasteiger partial charge in [-0.25, -0.2) is 8.42 Å². The van der Waals surface area contributed by atoms with Crippen LogP contribution in [0, 0.1) is 21.3 Å². The summed E-state index contributed by atoms with van der Waals surface area (Å²) in [6.07, 6.45) is 12.4. The third-order valence-corrected chi connectivity index (χ3v) is 11.0. The van der Waals surface area contributed by atoms with Gasteiger partial charge in [0.05, 0.1) is 4.90 Å². The van der Waals surface area contributed by atoms with E-state index in [9.17, 15) is 13.0 Å². The van der Waals surface area contributed by atoms with Crippen LogP contribution in [-0.4, -0.2) is 29.3 Å². The van der Waals surface area contributed by atoms with E-state index in [-0.39, 0.29) is 28.8 Å². The summed E-state index contributed by atoms with van der Waals surface area (Å²) in [5.41, 5.74) is 3.38. The van der Waals surface area contributed by atoms with Crippen molar-refractivity contribution < 1.29 is 29.5 Å². The summed E-state index contributed by atoms with van der Waals surface area (Å²) in [5, 5.41) is 0.872. The van der Waals surface area contributed by atoms with E-state index < -0.39 is 18.0 Å². The van der Waals surface area contributed by atoms with Gasteiger partial charge in [0.1, 0.15) is 10.1 Å². The first-order valence-corrected chi connectivity index (χ1v) is 14.5. The molecule has 0 radical (unpaired) electrons. The van der Waals surface area contributed by atoms with E-state index in [4.69, 9.17) is 0 Å². The van der Waals surface area contributed by atoms with E-state index in [2.05, 4.69) is 4.98 Å². The third-order valence-electron chi connectivity index (χ3n) is 6.38. The minimum Gasteiger partial charge on any atom is -0.744 e. The van der Waals surface area contributed by atoms with Gasteiger partial charge >= 0.3 is 16.5 Å². The molecular formula is C26H38NNiO3PS. The third kappa shape index (κ3) is 9.06. The smallest absolute Gasteiger partial charge is 0.744 e. The molecule has 0 aliphatic heterocycles. The van der Waals surface area contributed by atoms with E-state index in [1.54, 1.807) is 6.07 Å². The van der Waals surface area contributed by atoms with Crippen molar-refractivity contribution in [1.29, 1.82) is 0 Å². The van der Waals surface area contributed by atoms with Gasteiger partial charge in [-0.3, -0.25) is 4.98 Å². The first-order valence-electron chi connectivity index (χ1n) is 11.6. The van der Waals surface area contributed by atoms with Crippen molar-refractivity contribution in [2.75, 3.05) is 0 Å². The molecule has 7 heteroatoms. The largest absolute Gasteiger partial charge is 2.00 e. The molecule has 2 aliphatic carbocycles. The van der Waals surface area contributed by atoms with Crippen molar-refractivity contribution in [2.24, 2.45) is 0 Å². The van der Waals surface area contributed by atoms with Gasteiger partial charge in [-0.15, -0.1) is 0 Å². The minimum absolute atomic E-state index is 0. The number of benzene rings is 1. The van der Waals surface area contributed by atoms with Gasteiger partial charge in [-0.2, -0.15) is 0 Å². The van der Waals surface area contributed by atoms with E-state index in [1.165, 1.54) is 70.3 Å². The number of nitrogens with zero attached hydrogens (tertiary/aromatic N) is 1. The summed E-state index contributed by atoms with van der Waals surface area (Å²) in [4.78, 5) is 4.23. The number of rotatable bonds is 4. The Labute approximate surface area is 212 Å². The van der Waals surface area contributed by atoms with E-state index >= 15 is 0 Å². The molecule has 4 nitrogen and oxygen atoms in total. The normalized spacial score (nSPS) is 17.3. The van der Waals surface area contributed by atoms with Gasteiger partial charge < -0.3 is 12.0 Å². The Morgan fingerprint density at radius 2 is 1.24 bits per heavy atom. The second-order valence-electron chi connectivity index (χ2n) is 8.83. The molecule has 0 spiro atoms. The van der Waals surface area contributed by atoms with Crippen LogP contribution in [0.1, 0.15) is 75.6 Å². The Bertz CT molecular complexity index is 907. The quantitative estimate of drug-likeness (QED) is 0.194. The molecule has 33 heavy (non-hydrogen) atoms. The number of hydrogen-bond acceptors (Lipinski definition) is 4. The molecule has 2 aromatic rings. The Kier molecular flexibility index (Phi) is 13.3. The molecule has 2 aliphatic rings. The first-order chi connectivity index (χ1) is 14.9. The molecule has 186 valence electrons. The first kappa shape index (κ1) is 30.2. The predicted molar refractivity (Wildman–Crippen MR) is 135 cm³/mol. The molecule has 2 saturated carbocycles. The van der Waals surface area contributed by atoms with Gasteiger partial charge in [0.25, 0.3) is 0 Å². The Balaban J connectivity index is 0.000000465. The maximum absolute atomic E-state index is 11.8. The van der Waals surface area contributed by atoms with E-state index in [1.807, 2.05) is 44.2 Å². The molecule has 1 aromatic heterocycles. The topological polar surface area (TPSA) is 70.1 Å². The van der Waals surface area contributed by atoms with Crippen LogP contribution in [0.3, 0.4) is 0 Å². The Morgan fingerprint density at radius 3 is 1.64 bits per heavy atom. The zero-order valence-electron chi connectivity index (χ0n) is 20.1. The molecule has 0 bridgehead atoms. The van der Waals surface area contributed by atoms with Gasteiger partial charge in [0.2, 0.25) is 0 Å². The van der Waals surface area contributed by atoms with Crippen molar-refractivity contribution in [3.05, 3.63) is 61.3 Å². The molecule has 0 N–H and O–H groups in total. The summed E-state index contributed by atoms with van der Waals surface area (Å²) in [7, 11) is -4.95. The van der Waals surface area contributed by atoms with Crippen LogP contribution in [0.15, 0.2) is 47.4 Å². The Hall–Kier alpha value is -0.796. The van der Waals surface area contributed by atoms with Crippen LogP contribution in [0.25, 0.3) is 0 Å². The number of pyridine rings is 1. The maximum Gasteiger partial charge on any atom is 2.00 e. The van der Waals surface area contributed by atoms with E-state index in [0.29, 0.717) is 11.3 Å². The SMILES string of the molecule is Cc1cccc(C)n1.O=S(=O)([O-])c1ccccc1P(C1CCCCC1)C1CCCCC1.[CH3-].[Ni+2]. The van der Waals surface area contributed by atoms with Gasteiger partial charge in [-0.05, 0) is 74.4 Å². The molecule has 0 saturated heterocycles. The minimum atomic E-state index is -4.39. The van der Waals surface area contributed by atoms with Crippen molar-refractivity contribution in [1.82, 2.24) is 4.98 Å². The van der Waals surface area contributed by atoms with Gasteiger partial charge in [0, 0.05) is 11.4 Å². The molecule has 2 fully saturated rings. The molecule has 4 rings (SSSR count). The average Bonchev–Trinajstić information content (AvgIpc) is 2.75. The fourth-order valence-electron chi connectivity index (χ4n) is 4.97. The van der Waals surface area contributed by atoms with Crippen LogP contribution in [-0.2, 0) is 26.6 Å². The van der Waals surface area contributed by atoms with Crippen molar-refractivity contribution in [3.8, 4) is 0 Å². The Morgan fingerprint density at radius 1 is 0.788 bits per heavy atom. The number of aryl methyl sites for hydroxylation is 2. The molecule has 0 amide bonds. The monoisotopic (exact) mass is 533 g/mol. The van der Waals surface area contributed by atoms with Crippen LogP contribution in [0.5, 0.6) is 0 Å². The summed E-state index contributed by atoms with van der Waals surface area (Å²) < 4.78 is 35.3. The van der Waals surface area contributed by atoms with Crippen molar-refractivity contribution in [3.63, 3.8) is 0 Å². The van der Waals surface area contributed by atoms with Gasteiger partial charge in [0.15, 0.2) is 0 Å². The molecule has 0 unspecified atom stereocenters. The zero-order valence-corrected chi connectivity index (χ0v) is 22.8. The van der Waals surface area contributed by atoms with Crippen LogP contribution in [0.4, 0.5) is 0 Å². The fraction of sp³-hybridized carbons (Fsp3) is 0.538. The summed E-state index contributed by atoms with van der Waals surface area (Å²) in [6, 6.07) is 13.0. The van der Waals surface area contributed by atoms with Crippen LogP contribution < -0.4 is 5.30 Å². The van der Waals surface area contributed by atoms with Gasteiger partial charge in [-0.1, -0.05) is 70.7 Å². The van der Waals surface area contributed by atoms with Crippen molar-refractivity contribution in [2.45, 2.75) is 94.3 Å². The van der Waals surface area contributed by atoms with E-state index in [0.717, 1.165) is 16.7 Å². The van der Waals surface area contributed by atoms with Crippen LogP contribution >= 0.6 is 7.92 Å².